The largest absolute Gasteiger partial charge is 0.503 e. The van der Waals surface area contributed by atoms with Gasteiger partial charge in [0.15, 0.2) is 17.3 Å². The zero-order valence-corrected chi connectivity index (χ0v) is 23.2. The lowest BCUT2D eigenvalue weighted by atomic mass is 9.71. The lowest BCUT2D eigenvalue weighted by Gasteiger charge is -2.37. The van der Waals surface area contributed by atoms with Gasteiger partial charge in [-0.15, -0.1) is 0 Å². The molecule has 0 amide bonds. The molecule has 0 saturated carbocycles. The number of rotatable bonds is 8. The Kier molecular flexibility index (Phi) is 8.78. The standard InChI is InChI=1S/C28H29Cl2NO5S/c1-4-37-10-9-36-28(34)24-15(2)31-21-12-17(16-5-7-19(29)8-6-16)13-22(32)26(21)25(24)18-11-20(30)27(33)23(14-18)35-3/h5-8,11,14,17,25,31,33H,4,9-10,12-13H2,1-3H3. The van der Waals surface area contributed by atoms with E-state index >= 15 is 0 Å². The van der Waals surface area contributed by atoms with Crippen LogP contribution in [0.15, 0.2) is 58.9 Å². The van der Waals surface area contributed by atoms with Crippen molar-refractivity contribution in [3.05, 3.63) is 80.1 Å². The number of halogens is 2. The fraction of sp³-hybridized carbons (Fsp3) is 0.357. The van der Waals surface area contributed by atoms with Crippen LogP contribution in [0.3, 0.4) is 0 Å². The molecule has 0 fully saturated rings. The topological polar surface area (TPSA) is 84.9 Å². The van der Waals surface area contributed by atoms with Crippen molar-refractivity contribution in [1.82, 2.24) is 5.32 Å². The summed E-state index contributed by atoms with van der Waals surface area (Å²) in [5.41, 5.74) is 3.83. The molecule has 0 radical (unpaired) electrons. The van der Waals surface area contributed by atoms with Crippen molar-refractivity contribution in [2.24, 2.45) is 0 Å². The first-order valence-corrected chi connectivity index (χ1v) is 14.0. The van der Waals surface area contributed by atoms with Crippen LogP contribution in [0.4, 0.5) is 0 Å². The highest BCUT2D eigenvalue weighted by atomic mass is 35.5. The number of nitrogens with one attached hydrogen (secondary N) is 1. The first-order chi connectivity index (χ1) is 17.7. The Hall–Kier alpha value is -2.61. The zero-order valence-electron chi connectivity index (χ0n) is 20.9. The SMILES string of the molecule is CCSCCOC(=O)C1=C(C)NC2=C(C(=O)CC(c3ccc(Cl)cc3)C2)C1c1cc(Cl)c(O)c(OC)c1. The van der Waals surface area contributed by atoms with Crippen LogP contribution >= 0.6 is 35.0 Å². The van der Waals surface area contributed by atoms with Crippen molar-refractivity contribution in [2.75, 3.05) is 25.2 Å². The number of benzene rings is 2. The maximum atomic E-state index is 13.7. The normalized spacial score (nSPS) is 19.4. The van der Waals surface area contributed by atoms with E-state index in [-0.39, 0.29) is 41.3 Å². The number of dihydropyridines is 1. The summed E-state index contributed by atoms with van der Waals surface area (Å²) < 4.78 is 10.9. The van der Waals surface area contributed by atoms with E-state index in [0.717, 1.165) is 17.0 Å². The van der Waals surface area contributed by atoms with Gasteiger partial charge in [-0.05, 0) is 60.4 Å². The fourth-order valence-corrected chi connectivity index (χ4v) is 5.78. The second-order valence-electron chi connectivity index (χ2n) is 8.96. The minimum absolute atomic E-state index is 0.0259. The van der Waals surface area contributed by atoms with Crippen molar-refractivity contribution in [3.8, 4) is 11.5 Å². The van der Waals surface area contributed by atoms with E-state index in [1.54, 1.807) is 23.9 Å². The fourth-order valence-electron chi connectivity index (χ4n) is 4.95. The predicted molar refractivity (Wildman–Crippen MR) is 148 cm³/mol. The van der Waals surface area contributed by atoms with Crippen molar-refractivity contribution in [1.29, 1.82) is 0 Å². The summed E-state index contributed by atoms with van der Waals surface area (Å²) in [6, 6.07) is 10.7. The lowest BCUT2D eigenvalue weighted by molar-refractivity contribution is -0.138. The van der Waals surface area contributed by atoms with Gasteiger partial charge in [0.05, 0.1) is 17.7 Å². The van der Waals surface area contributed by atoms with Gasteiger partial charge in [0, 0.05) is 40.1 Å². The molecular weight excluding hydrogens is 533 g/mol. The molecule has 2 aliphatic rings. The number of hydrogen-bond acceptors (Lipinski definition) is 7. The molecule has 2 aromatic carbocycles. The van der Waals surface area contributed by atoms with E-state index in [0.29, 0.717) is 39.6 Å². The zero-order chi connectivity index (χ0) is 26.7. The first-order valence-electron chi connectivity index (χ1n) is 12.1. The first kappa shape index (κ1) is 27.4. The highest BCUT2D eigenvalue weighted by molar-refractivity contribution is 7.99. The van der Waals surface area contributed by atoms with Crippen LogP contribution in [-0.2, 0) is 14.3 Å². The number of ketones is 1. The van der Waals surface area contributed by atoms with Crippen molar-refractivity contribution < 1.29 is 24.2 Å². The van der Waals surface area contributed by atoms with Gasteiger partial charge in [0.1, 0.15) is 6.61 Å². The monoisotopic (exact) mass is 561 g/mol. The Morgan fingerprint density at radius 3 is 2.57 bits per heavy atom. The molecule has 196 valence electrons. The molecule has 2 atom stereocenters. The summed E-state index contributed by atoms with van der Waals surface area (Å²) >= 11 is 14.1. The molecule has 0 saturated heterocycles. The van der Waals surface area contributed by atoms with Gasteiger partial charge >= 0.3 is 5.97 Å². The molecule has 6 nitrogen and oxygen atoms in total. The Bertz CT molecular complexity index is 1270. The van der Waals surface area contributed by atoms with Crippen LogP contribution in [-0.4, -0.2) is 42.1 Å². The number of aromatic hydroxyl groups is 1. The Morgan fingerprint density at radius 1 is 1.16 bits per heavy atom. The summed E-state index contributed by atoms with van der Waals surface area (Å²) in [5, 5.41) is 14.4. The number of carbonyl (C=O) groups is 2. The minimum atomic E-state index is -0.715. The Morgan fingerprint density at radius 2 is 1.89 bits per heavy atom. The molecule has 2 N–H and O–H groups in total. The summed E-state index contributed by atoms with van der Waals surface area (Å²) in [4.78, 5) is 27.1. The predicted octanol–water partition coefficient (Wildman–Crippen LogP) is 6.37. The smallest absolute Gasteiger partial charge is 0.336 e. The molecule has 1 aliphatic heterocycles. The quantitative estimate of drug-likeness (QED) is 0.286. The van der Waals surface area contributed by atoms with E-state index in [4.69, 9.17) is 32.7 Å². The van der Waals surface area contributed by atoms with Gasteiger partial charge in [-0.3, -0.25) is 4.79 Å². The van der Waals surface area contributed by atoms with Gasteiger partial charge in [-0.1, -0.05) is 42.3 Å². The highest BCUT2D eigenvalue weighted by Gasteiger charge is 2.42. The minimum Gasteiger partial charge on any atom is -0.503 e. The van der Waals surface area contributed by atoms with Crippen LogP contribution in [0.25, 0.3) is 0 Å². The molecule has 2 unspecified atom stereocenters. The average Bonchev–Trinajstić information content (AvgIpc) is 2.87. The third-order valence-electron chi connectivity index (χ3n) is 6.66. The van der Waals surface area contributed by atoms with Crippen LogP contribution in [0, 0.1) is 0 Å². The van der Waals surface area contributed by atoms with Gasteiger partial charge in [0.2, 0.25) is 0 Å². The van der Waals surface area contributed by atoms with Gasteiger partial charge in [-0.25, -0.2) is 4.79 Å². The molecule has 1 aliphatic carbocycles. The Labute approximate surface area is 231 Å². The van der Waals surface area contributed by atoms with E-state index < -0.39 is 11.9 Å². The van der Waals surface area contributed by atoms with Gasteiger partial charge in [0.25, 0.3) is 0 Å². The molecule has 0 bridgehead atoms. The third kappa shape index (κ3) is 5.79. The molecule has 0 aromatic heterocycles. The van der Waals surface area contributed by atoms with Crippen molar-refractivity contribution >= 4 is 46.7 Å². The second kappa shape index (κ2) is 11.8. The van der Waals surface area contributed by atoms with E-state index in [2.05, 4.69) is 5.32 Å². The van der Waals surface area contributed by atoms with E-state index in [1.165, 1.54) is 7.11 Å². The molecule has 1 heterocycles. The van der Waals surface area contributed by atoms with Crippen molar-refractivity contribution in [3.63, 3.8) is 0 Å². The molecule has 2 aromatic rings. The number of ether oxygens (including phenoxy) is 2. The van der Waals surface area contributed by atoms with Gasteiger partial charge < -0.3 is 19.9 Å². The lowest BCUT2D eigenvalue weighted by Crippen LogP contribution is -2.36. The van der Waals surface area contributed by atoms with Crippen LogP contribution in [0.1, 0.15) is 49.7 Å². The number of esters is 1. The second-order valence-corrected chi connectivity index (χ2v) is 11.2. The number of thioether (sulfide) groups is 1. The molecular formula is C28H29Cl2NO5S. The maximum absolute atomic E-state index is 13.7. The number of phenols is 1. The number of hydrogen-bond donors (Lipinski definition) is 2. The third-order valence-corrected chi connectivity index (χ3v) is 8.06. The average molecular weight is 563 g/mol. The number of phenolic OH excluding ortho intramolecular Hbond substituents is 1. The number of carbonyl (C=O) groups excluding carboxylic acids is 2. The van der Waals surface area contributed by atoms with Crippen LogP contribution < -0.4 is 10.1 Å². The molecule has 9 heteroatoms. The van der Waals surface area contributed by atoms with Crippen LogP contribution in [0.5, 0.6) is 11.5 Å². The summed E-state index contributed by atoms with van der Waals surface area (Å²) in [6.45, 7) is 4.12. The van der Waals surface area contributed by atoms with Crippen LogP contribution in [0.2, 0.25) is 10.0 Å². The Balaban J connectivity index is 1.78. The summed E-state index contributed by atoms with van der Waals surface area (Å²) in [7, 11) is 1.42. The van der Waals surface area contributed by atoms with Crippen molar-refractivity contribution in [2.45, 2.75) is 38.5 Å². The molecule has 0 spiro atoms. The highest BCUT2D eigenvalue weighted by Crippen LogP contribution is 2.48. The molecule has 37 heavy (non-hydrogen) atoms. The number of allylic oxidation sites excluding steroid dienone is 3. The summed E-state index contributed by atoms with van der Waals surface area (Å²) in [5.74, 6) is 0.270. The maximum Gasteiger partial charge on any atom is 0.336 e. The summed E-state index contributed by atoms with van der Waals surface area (Å²) in [6.07, 6.45) is 0.880. The van der Waals surface area contributed by atoms with Gasteiger partial charge in [-0.2, -0.15) is 11.8 Å². The van der Waals surface area contributed by atoms with E-state index in [1.807, 2.05) is 38.1 Å². The number of methoxy groups -OCH3 is 1. The number of Topliss-reactive ketones (excluding diaryl/α,β-unsaturated/α-hetero) is 1. The van der Waals surface area contributed by atoms with E-state index in [9.17, 15) is 14.7 Å². The molecule has 4 rings (SSSR count).